The van der Waals surface area contributed by atoms with Crippen molar-refractivity contribution in [3.8, 4) is 23.2 Å². The number of nitrogens with two attached hydrogens (primary N) is 1. The number of rotatable bonds is 8. The Balaban J connectivity index is 1.37. The highest BCUT2D eigenvalue weighted by molar-refractivity contribution is 7.23. The molecular weight excluding hydrogens is 807 g/mol. The Morgan fingerprint density at radius 1 is 1.16 bits per heavy atom. The fraction of sp³-hybridized carbons (Fsp3) is 0.444. The normalized spacial score (nSPS) is 21.4. The Bertz CT molecular complexity index is 2440. The fourth-order valence-corrected chi connectivity index (χ4v) is 10.1. The van der Waals surface area contributed by atoms with Crippen LogP contribution in [-0.4, -0.2) is 92.1 Å². The van der Waals surface area contributed by atoms with E-state index in [1.54, 1.807) is 13.0 Å². The summed E-state index contributed by atoms with van der Waals surface area (Å²) in [6.07, 6.45) is -9.27. The van der Waals surface area contributed by atoms with Crippen molar-refractivity contribution in [2.75, 3.05) is 50.0 Å². The van der Waals surface area contributed by atoms with Gasteiger partial charge in [-0.2, -0.15) is 45.9 Å². The molecule has 57 heavy (non-hydrogen) atoms. The molecule has 0 bridgehead atoms. The first-order valence-corrected chi connectivity index (χ1v) is 19.4. The number of alkyl halides is 7. The van der Waals surface area contributed by atoms with Gasteiger partial charge in [0.05, 0.1) is 32.4 Å². The summed E-state index contributed by atoms with van der Waals surface area (Å²) in [5, 5.41) is 8.61. The molecule has 1 amide bonds. The first-order valence-electron chi connectivity index (χ1n) is 17.8. The van der Waals surface area contributed by atoms with E-state index in [0.717, 1.165) is 30.1 Å². The molecule has 3 atom stereocenters. The first kappa shape index (κ1) is 38.9. The Hall–Kier alpha value is -4.94. The number of aromatic nitrogens is 4. The topological polar surface area (TPSA) is 137 Å². The van der Waals surface area contributed by atoms with Gasteiger partial charge in [-0.1, -0.05) is 6.07 Å². The number of nitriles is 1. The number of nitrogen functional groups attached to an aromatic ring is 1. The summed E-state index contributed by atoms with van der Waals surface area (Å²) in [5.74, 6) is -1.74. The SMILES string of the molecule is CCN(c1nc(OCC23CCCN2CC(F)C3)nc2c(C(F)(F)F)c(-c3ccc(F)c4sc(N)c(C#N)c34)c(C(F)(F)F)cc12)C1CCN(C(=O)c2ncns2)C1. The van der Waals surface area contributed by atoms with Crippen LogP contribution in [0.5, 0.6) is 6.01 Å². The number of hydrogen-bond acceptors (Lipinski definition) is 12. The lowest BCUT2D eigenvalue weighted by molar-refractivity contribution is -0.141. The van der Waals surface area contributed by atoms with Gasteiger partial charge in [-0.25, -0.2) is 13.8 Å². The van der Waals surface area contributed by atoms with Crippen LogP contribution in [0.4, 0.5) is 45.9 Å². The van der Waals surface area contributed by atoms with E-state index in [1.807, 2.05) is 4.90 Å². The number of carbonyl (C=O) groups excluding carboxylic acids is 1. The second-order valence-corrected chi connectivity index (χ2v) is 16.1. The maximum atomic E-state index is 15.7. The molecule has 0 saturated carbocycles. The number of thiophene rings is 1. The van der Waals surface area contributed by atoms with Crippen molar-refractivity contribution < 1.29 is 44.7 Å². The summed E-state index contributed by atoms with van der Waals surface area (Å²) >= 11 is 1.40. The van der Waals surface area contributed by atoms with Crippen LogP contribution in [0.25, 0.3) is 32.1 Å². The van der Waals surface area contributed by atoms with Crippen molar-refractivity contribution in [1.29, 1.82) is 5.26 Å². The van der Waals surface area contributed by atoms with Gasteiger partial charge in [0, 0.05) is 55.0 Å². The molecule has 11 nitrogen and oxygen atoms in total. The summed E-state index contributed by atoms with van der Waals surface area (Å²) in [4.78, 5) is 30.7. The molecule has 8 rings (SSSR count). The lowest BCUT2D eigenvalue weighted by Crippen LogP contribution is -2.43. The summed E-state index contributed by atoms with van der Waals surface area (Å²) in [6, 6.07) is 2.50. The van der Waals surface area contributed by atoms with Gasteiger partial charge in [0.25, 0.3) is 5.91 Å². The van der Waals surface area contributed by atoms with Gasteiger partial charge in [-0.05, 0) is 62.0 Å². The zero-order valence-electron chi connectivity index (χ0n) is 29.8. The highest BCUT2D eigenvalue weighted by atomic mass is 32.1. The number of amides is 1. The van der Waals surface area contributed by atoms with Crippen LogP contribution in [0, 0.1) is 17.1 Å². The van der Waals surface area contributed by atoms with Crippen molar-refractivity contribution in [2.45, 2.75) is 62.7 Å². The molecule has 3 saturated heterocycles. The number of benzene rings is 2. The quantitative estimate of drug-likeness (QED) is 0.155. The molecule has 5 aromatic rings. The molecule has 2 aromatic carbocycles. The Kier molecular flexibility index (Phi) is 9.67. The zero-order chi connectivity index (χ0) is 40.6. The molecule has 21 heteroatoms. The fourth-order valence-electron chi connectivity index (χ4n) is 8.61. The largest absolute Gasteiger partial charge is 0.461 e. The predicted octanol–water partition coefficient (Wildman–Crippen LogP) is 7.69. The lowest BCUT2D eigenvalue weighted by Gasteiger charge is -2.32. The summed E-state index contributed by atoms with van der Waals surface area (Å²) in [5.41, 5.74) is -1.94. The van der Waals surface area contributed by atoms with E-state index in [-0.39, 0.29) is 61.5 Å². The van der Waals surface area contributed by atoms with E-state index < -0.39 is 96.6 Å². The van der Waals surface area contributed by atoms with E-state index in [4.69, 9.17) is 10.5 Å². The molecule has 3 unspecified atom stereocenters. The molecule has 300 valence electrons. The molecule has 3 fully saturated rings. The van der Waals surface area contributed by atoms with Crippen LogP contribution in [0.15, 0.2) is 24.5 Å². The zero-order valence-corrected chi connectivity index (χ0v) is 31.5. The average Bonchev–Trinajstić information content (AvgIpc) is 3.99. The number of fused-ring (bicyclic) bond motifs is 3. The van der Waals surface area contributed by atoms with Crippen molar-refractivity contribution in [3.05, 3.63) is 52.0 Å². The van der Waals surface area contributed by atoms with Gasteiger partial charge in [0.15, 0.2) is 0 Å². The molecular formula is C36H31F8N9O2S2. The van der Waals surface area contributed by atoms with Gasteiger partial charge in [0.1, 0.15) is 41.8 Å². The second-order valence-electron chi connectivity index (χ2n) is 14.2. The average molecular weight is 838 g/mol. The standard InChI is InChI=1S/C36H31F8N9O2S2/c1-2-53(18-6-9-51(14-18)32(54)31-47-16-48-57-31)30-20-10-22(35(39,40)41)25(19-4-5-23(38)28-24(19)21(12-45)29(46)56-28)26(36(42,43)44)27(20)49-33(50-30)55-15-34-7-3-8-52(34)13-17(37)11-34/h4-5,10,16-18H,2-3,6-9,11,13-15,46H2,1H3. The number of ether oxygens (including phenoxy) is 1. The molecule has 3 aromatic heterocycles. The summed E-state index contributed by atoms with van der Waals surface area (Å²) in [6.45, 7) is 2.43. The summed E-state index contributed by atoms with van der Waals surface area (Å²) < 4.78 is 132. The third-order valence-electron chi connectivity index (χ3n) is 11.0. The first-order chi connectivity index (χ1) is 27.0. The number of halogens is 8. The Morgan fingerprint density at radius 2 is 1.95 bits per heavy atom. The molecule has 0 aliphatic carbocycles. The van der Waals surface area contributed by atoms with Gasteiger partial charge >= 0.3 is 18.4 Å². The molecule has 3 aliphatic rings. The molecule has 0 radical (unpaired) electrons. The third-order valence-corrected chi connectivity index (χ3v) is 12.7. The number of likely N-dealkylation sites (N-methyl/N-ethyl adjacent to an activating group) is 1. The van der Waals surface area contributed by atoms with E-state index in [0.29, 0.717) is 30.4 Å². The van der Waals surface area contributed by atoms with Crippen LogP contribution in [0.2, 0.25) is 0 Å². The van der Waals surface area contributed by atoms with Gasteiger partial charge < -0.3 is 20.3 Å². The van der Waals surface area contributed by atoms with E-state index in [1.165, 1.54) is 16.1 Å². The molecule has 2 N–H and O–H groups in total. The van der Waals surface area contributed by atoms with E-state index >= 15 is 30.7 Å². The minimum Gasteiger partial charge on any atom is -0.461 e. The van der Waals surface area contributed by atoms with Gasteiger partial charge in [-0.3, -0.25) is 9.69 Å². The van der Waals surface area contributed by atoms with Crippen molar-refractivity contribution in [3.63, 3.8) is 0 Å². The lowest BCUT2D eigenvalue weighted by atomic mass is 9.88. The molecule has 0 spiro atoms. The van der Waals surface area contributed by atoms with Crippen molar-refractivity contribution >= 4 is 60.6 Å². The minimum atomic E-state index is -5.53. The smallest absolute Gasteiger partial charge is 0.419 e. The summed E-state index contributed by atoms with van der Waals surface area (Å²) in [7, 11) is 0. The molecule has 3 aliphatic heterocycles. The van der Waals surface area contributed by atoms with Crippen molar-refractivity contribution in [2.24, 2.45) is 0 Å². The van der Waals surface area contributed by atoms with Crippen LogP contribution >= 0.6 is 22.9 Å². The maximum Gasteiger partial charge on any atom is 0.419 e. The predicted molar refractivity (Wildman–Crippen MR) is 195 cm³/mol. The maximum absolute atomic E-state index is 15.7. The van der Waals surface area contributed by atoms with Crippen LogP contribution in [0.3, 0.4) is 0 Å². The highest BCUT2D eigenvalue weighted by Crippen LogP contribution is 2.52. The van der Waals surface area contributed by atoms with Crippen molar-refractivity contribution in [1.82, 2.24) is 29.1 Å². The van der Waals surface area contributed by atoms with Crippen LogP contribution in [-0.2, 0) is 12.4 Å². The number of nitrogens with zero attached hydrogens (tertiary/aromatic N) is 8. The van der Waals surface area contributed by atoms with E-state index in [2.05, 4.69) is 19.3 Å². The van der Waals surface area contributed by atoms with E-state index in [9.17, 15) is 14.4 Å². The monoisotopic (exact) mass is 837 g/mol. The third kappa shape index (κ3) is 6.64. The van der Waals surface area contributed by atoms with Gasteiger partial charge in [0.2, 0.25) is 5.01 Å². The number of hydrogen-bond donors (Lipinski definition) is 1. The second kappa shape index (κ2) is 14.2. The van der Waals surface area contributed by atoms with Crippen LogP contribution in [0.1, 0.15) is 59.1 Å². The minimum absolute atomic E-state index is 0.0288. The molecule has 6 heterocycles. The number of carbonyl (C=O) groups is 1. The van der Waals surface area contributed by atoms with Gasteiger partial charge in [-0.15, -0.1) is 11.3 Å². The number of anilines is 2. The Morgan fingerprint density at radius 3 is 2.63 bits per heavy atom. The highest BCUT2D eigenvalue weighted by Gasteiger charge is 2.50. The Labute approximate surface area is 326 Å². The number of likely N-dealkylation sites (tertiary alicyclic amines) is 1. The van der Waals surface area contributed by atoms with Crippen LogP contribution < -0.4 is 15.4 Å².